The summed E-state index contributed by atoms with van der Waals surface area (Å²) in [5, 5.41) is 3.86. The van der Waals surface area contributed by atoms with E-state index in [1.807, 2.05) is 0 Å². The van der Waals surface area contributed by atoms with Gasteiger partial charge in [0.25, 0.3) is 5.91 Å². The number of amides is 2. The molecule has 26 heavy (non-hydrogen) atoms. The average molecular weight is 414 g/mol. The van der Waals surface area contributed by atoms with Crippen molar-refractivity contribution in [3.8, 4) is 5.75 Å². The summed E-state index contributed by atoms with van der Waals surface area (Å²) in [5.41, 5.74) is 0.989. The van der Waals surface area contributed by atoms with Gasteiger partial charge in [-0.3, -0.25) is 9.59 Å². The molecule has 1 unspecified atom stereocenters. The highest BCUT2D eigenvalue weighted by Gasteiger charge is 2.40. The largest absolute Gasteiger partial charge is 0.490 e. The predicted molar refractivity (Wildman–Crippen MR) is 102 cm³/mol. The van der Waals surface area contributed by atoms with Crippen molar-refractivity contribution in [3.05, 3.63) is 57.0 Å². The lowest BCUT2D eigenvalue weighted by Crippen LogP contribution is -2.38. The first kappa shape index (κ1) is 18.8. The van der Waals surface area contributed by atoms with Gasteiger partial charge in [-0.05, 0) is 24.3 Å². The fraction of sp³-hybridized carbons (Fsp3) is 0.222. The van der Waals surface area contributed by atoms with Gasteiger partial charge in [0, 0.05) is 17.5 Å². The van der Waals surface area contributed by atoms with E-state index >= 15 is 0 Å². The molecule has 3 rings (SSSR count). The number of anilines is 1. The third-order valence-electron chi connectivity index (χ3n) is 3.94. The number of nitrogens with zero attached hydrogens (tertiary/aromatic N) is 1. The van der Waals surface area contributed by atoms with Gasteiger partial charge in [-0.25, -0.2) is 0 Å². The van der Waals surface area contributed by atoms with Crippen LogP contribution in [0.1, 0.15) is 18.5 Å². The van der Waals surface area contributed by atoms with Crippen molar-refractivity contribution in [1.29, 1.82) is 0 Å². The summed E-state index contributed by atoms with van der Waals surface area (Å²) in [6, 6.07) is 9.43. The maximum Gasteiger partial charge on any atom is 0.254 e. The second-order valence-electron chi connectivity index (χ2n) is 5.69. The maximum atomic E-state index is 12.8. The van der Waals surface area contributed by atoms with Crippen LogP contribution >= 0.6 is 34.8 Å². The van der Waals surface area contributed by atoms with Crippen LogP contribution in [0, 0.1) is 0 Å². The molecular formula is C18H15Cl3N2O3. The molecule has 1 aliphatic rings. The fourth-order valence-electron chi connectivity index (χ4n) is 2.86. The molecule has 0 spiro atoms. The number of fused-ring (bicyclic) bond motifs is 1. The van der Waals surface area contributed by atoms with Gasteiger partial charge in [-0.15, -0.1) is 0 Å². The SMILES string of the molecule is CC(=O)NC1C(=O)N(CCOc2ccccc2Cl)c2c(Cl)ccc(Cl)c21. The Kier molecular flexibility index (Phi) is 5.61. The number of carbonyl (C=O) groups is 2. The minimum Gasteiger partial charge on any atom is -0.490 e. The first-order valence-corrected chi connectivity index (χ1v) is 8.97. The minimum atomic E-state index is -0.867. The van der Waals surface area contributed by atoms with Crippen LogP contribution in [-0.4, -0.2) is 25.0 Å². The number of hydrogen-bond acceptors (Lipinski definition) is 3. The number of benzene rings is 2. The molecule has 0 aromatic heterocycles. The van der Waals surface area contributed by atoms with Crippen molar-refractivity contribution in [2.45, 2.75) is 13.0 Å². The molecular weight excluding hydrogens is 399 g/mol. The summed E-state index contributed by atoms with van der Waals surface area (Å²) in [4.78, 5) is 25.8. The van der Waals surface area contributed by atoms with Crippen molar-refractivity contribution >= 4 is 52.3 Å². The first-order chi connectivity index (χ1) is 12.4. The second-order valence-corrected chi connectivity index (χ2v) is 6.92. The molecule has 0 saturated heterocycles. The zero-order valence-electron chi connectivity index (χ0n) is 13.8. The molecule has 0 aliphatic carbocycles. The average Bonchev–Trinajstić information content (AvgIpc) is 2.86. The molecule has 5 nitrogen and oxygen atoms in total. The van der Waals surface area contributed by atoms with Crippen LogP contribution in [-0.2, 0) is 9.59 Å². The van der Waals surface area contributed by atoms with Gasteiger partial charge >= 0.3 is 0 Å². The summed E-state index contributed by atoms with van der Waals surface area (Å²) in [6.45, 7) is 1.77. The number of rotatable bonds is 5. The highest BCUT2D eigenvalue weighted by Crippen LogP contribution is 2.44. The van der Waals surface area contributed by atoms with E-state index in [0.717, 1.165) is 0 Å². The van der Waals surface area contributed by atoms with Crippen LogP contribution in [0.25, 0.3) is 0 Å². The third kappa shape index (κ3) is 3.61. The first-order valence-electron chi connectivity index (χ1n) is 7.84. The van der Waals surface area contributed by atoms with Crippen LogP contribution in [0.5, 0.6) is 5.75 Å². The molecule has 8 heteroatoms. The molecule has 1 N–H and O–H groups in total. The van der Waals surface area contributed by atoms with Crippen molar-refractivity contribution in [2.24, 2.45) is 0 Å². The van der Waals surface area contributed by atoms with E-state index < -0.39 is 6.04 Å². The van der Waals surface area contributed by atoms with Crippen molar-refractivity contribution in [2.75, 3.05) is 18.1 Å². The van der Waals surface area contributed by atoms with Crippen LogP contribution in [0.4, 0.5) is 5.69 Å². The maximum absolute atomic E-state index is 12.8. The van der Waals surface area contributed by atoms with Crippen LogP contribution in [0.15, 0.2) is 36.4 Å². The Morgan fingerprint density at radius 1 is 1.12 bits per heavy atom. The predicted octanol–water partition coefficient (Wildman–Crippen LogP) is 4.25. The summed E-state index contributed by atoms with van der Waals surface area (Å²) in [6.07, 6.45) is 0. The topological polar surface area (TPSA) is 58.6 Å². The van der Waals surface area contributed by atoms with Crippen molar-refractivity contribution < 1.29 is 14.3 Å². The number of carbonyl (C=O) groups excluding carboxylic acids is 2. The molecule has 0 bridgehead atoms. The highest BCUT2D eigenvalue weighted by atomic mass is 35.5. The van der Waals surface area contributed by atoms with Gasteiger partial charge < -0.3 is 15.0 Å². The third-order valence-corrected chi connectivity index (χ3v) is 4.89. The zero-order valence-corrected chi connectivity index (χ0v) is 16.0. The van der Waals surface area contributed by atoms with Crippen LogP contribution in [0.3, 0.4) is 0 Å². The molecule has 2 aromatic rings. The Bertz CT molecular complexity index is 873. The summed E-state index contributed by atoms with van der Waals surface area (Å²) in [5.74, 6) is -0.121. The molecule has 136 valence electrons. The molecule has 0 saturated carbocycles. The van der Waals surface area contributed by atoms with Gasteiger partial charge in [0.2, 0.25) is 5.91 Å². The van der Waals surface area contributed by atoms with Gasteiger partial charge in [0.05, 0.1) is 22.3 Å². The normalized spacial score (nSPS) is 15.8. The molecule has 1 aliphatic heterocycles. The molecule has 2 amide bonds. The smallest absolute Gasteiger partial charge is 0.254 e. The standard InChI is InChI=1S/C18H15Cl3N2O3/c1-10(24)22-16-15-12(20)6-7-13(21)17(15)23(18(16)25)8-9-26-14-5-3-2-4-11(14)19/h2-7,16H,8-9H2,1H3,(H,22,24). The molecule has 0 radical (unpaired) electrons. The number of para-hydroxylation sites is 1. The number of hydrogen-bond donors (Lipinski definition) is 1. The van der Waals surface area contributed by atoms with Crippen LogP contribution < -0.4 is 15.0 Å². The highest BCUT2D eigenvalue weighted by molar-refractivity contribution is 6.38. The summed E-state index contributed by atoms with van der Waals surface area (Å²) in [7, 11) is 0. The lowest BCUT2D eigenvalue weighted by molar-refractivity contribution is -0.126. The van der Waals surface area contributed by atoms with E-state index in [-0.39, 0.29) is 25.0 Å². The Labute approximate surface area is 165 Å². The molecule has 1 atom stereocenters. The number of halogens is 3. The molecule has 1 heterocycles. The summed E-state index contributed by atoms with van der Waals surface area (Å²) >= 11 is 18.6. The zero-order chi connectivity index (χ0) is 18.8. The van der Waals surface area contributed by atoms with Crippen molar-refractivity contribution in [3.63, 3.8) is 0 Å². The van der Waals surface area contributed by atoms with Gasteiger partial charge in [0.15, 0.2) is 0 Å². The number of nitrogens with one attached hydrogen (secondary N) is 1. The Morgan fingerprint density at radius 2 is 1.81 bits per heavy atom. The fourth-order valence-corrected chi connectivity index (χ4v) is 3.58. The van der Waals surface area contributed by atoms with Gasteiger partial charge in [0.1, 0.15) is 18.4 Å². The molecule has 0 fully saturated rings. The lowest BCUT2D eigenvalue weighted by Gasteiger charge is -2.19. The van der Waals surface area contributed by atoms with E-state index in [1.54, 1.807) is 36.4 Å². The van der Waals surface area contributed by atoms with E-state index in [0.29, 0.717) is 32.1 Å². The van der Waals surface area contributed by atoms with E-state index in [4.69, 9.17) is 39.5 Å². The Morgan fingerprint density at radius 3 is 2.50 bits per heavy atom. The second kappa shape index (κ2) is 7.74. The van der Waals surface area contributed by atoms with Crippen molar-refractivity contribution in [1.82, 2.24) is 5.32 Å². The Hall–Kier alpha value is -1.95. The monoisotopic (exact) mass is 412 g/mol. The van der Waals surface area contributed by atoms with Crippen LogP contribution in [0.2, 0.25) is 15.1 Å². The lowest BCUT2D eigenvalue weighted by atomic mass is 10.1. The summed E-state index contributed by atoms with van der Waals surface area (Å²) < 4.78 is 5.66. The quantitative estimate of drug-likeness (QED) is 0.797. The molecule has 2 aromatic carbocycles. The number of ether oxygens (including phenoxy) is 1. The van der Waals surface area contributed by atoms with E-state index in [1.165, 1.54) is 11.8 Å². The minimum absolute atomic E-state index is 0.199. The van der Waals surface area contributed by atoms with Gasteiger partial charge in [-0.1, -0.05) is 46.9 Å². The Balaban J connectivity index is 1.84. The van der Waals surface area contributed by atoms with E-state index in [9.17, 15) is 9.59 Å². The van der Waals surface area contributed by atoms with E-state index in [2.05, 4.69) is 5.32 Å². The van der Waals surface area contributed by atoms with Gasteiger partial charge in [-0.2, -0.15) is 0 Å².